The molecular weight excluding hydrogens is 194 g/mol. The maximum Gasteiger partial charge on any atom is 0.0175 e. The van der Waals surface area contributed by atoms with Crippen molar-refractivity contribution < 1.29 is 0 Å². The second-order valence-electron chi connectivity index (χ2n) is 7.01. The number of hydrogen-bond acceptors (Lipinski definition) is 1. The van der Waals surface area contributed by atoms with E-state index in [2.05, 4.69) is 33.0 Å². The van der Waals surface area contributed by atoms with Crippen LogP contribution in [0.4, 0.5) is 0 Å². The van der Waals surface area contributed by atoms with Crippen LogP contribution < -0.4 is 5.32 Å². The van der Waals surface area contributed by atoms with Gasteiger partial charge in [-0.1, -0.05) is 40.5 Å². The Hall–Kier alpha value is -0.0400. The minimum Gasteiger partial charge on any atom is -0.313 e. The molecule has 0 spiro atoms. The van der Waals surface area contributed by atoms with Gasteiger partial charge in [0.2, 0.25) is 0 Å². The summed E-state index contributed by atoms with van der Waals surface area (Å²) >= 11 is 0. The van der Waals surface area contributed by atoms with Crippen molar-refractivity contribution in [1.29, 1.82) is 0 Å². The van der Waals surface area contributed by atoms with E-state index in [1.165, 1.54) is 45.1 Å². The molecule has 2 bridgehead atoms. The second kappa shape index (κ2) is 4.33. The molecule has 3 atom stereocenters. The average molecular weight is 223 g/mol. The molecule has 0 heterocycles. The number of nitrogens with one attached hydrogen (secondary N) is 1. The normalized spacial score (nSPS) is 40.5. The molecule has 0 aromatic carbocycles. The third kappa shape index (κ3) is 1.92. The predicted octanol–water partition coefficient (Wildman–Crippen LogP) is 3.98. The van der Waals surface area contributed by atoms with Crippen LogP contribution in [0.3, 0.4) is 0 Å². The van der Waals surface area contributed by atoms with Gasteiger partial charge in [-0.05, 0) is 49.0 Å². The van der Waals surface area contributed by atoms with Crippen LogP contribution >= 0.6 is 0 Å². The van der Waals surface area contributed by atoms with Gasteiger partial charge in [0.1, 0.15) is 0 Å². The summed E-state index contributed by atoms with van der Waals surface area (Å²) in [5.74, 6) is 0.973. The monoisotopic (exact) mass is 223 g/mol. The summed E-state index contributed by atoms with van der Waals surface area (Å²) in [6.45, 7) is 11.0. The van der Waals surface area contributed by atoms with E-state index >= 15 is 0 Å². The van der Waals surface area contributed by atoms with E-state index in [0.29, 0.717) is 10.8 Å². The lowest BCUT2D eigenvalue weighted by Crippen LogP contribution is -2.50. The van der Waals surface area contributed by atoms with Crippen molar-refractivity contribution >= 4 is 0 Å². The zero-order valence-corrected chi connectivity index (χ0v) is 11.6. The highest BCUT2D eigenvalue weighted by atomic mass is 15.0. The van der Waals surface area contributed by atoms with Gasteiger partial charge in [-0.25, -0.2) is 0 Å². The van der Waals surface area contributed by atoms with Crippen LogP contribution in [0, 0.1) is 16.7 Å². The smallest absolute Gasteiger partial charge is 0.0175 e. The first kappa shape index (κ1) is 12.4. The zero-order valence-electron chi connectivity index (χ0n) is 11.6. The van der Waals surface area contributed by atoms with E-state index in [1.807, 2.05) is 0 Å². The maximum absolute atomic E-state index is 3.88. The maximum atomic E-state index is 3.88. The van der Waals surface area contributed by atoms with Crippen molar-refractivity contribution in [2.75, 3.05) is 6.54 Å². The fraction of sp³-hybridized carbons (Fsp3) is 1.00. The molecule has 1 heteroatoms. The molecule has 0 aromatic rings. The van der Waals surface area contributed by atoms with Gasteiger partial charge in [0.15, 0.2) is 0 Å². The predicted molar refractivity (Wildman–Crippen MR) is 70.5 cm³/mol. The Morgan fingerprint density at radius 3 is 2.50 bits per heavy atom. The summed E-state index contributed by atoms with van der Waals surface area (Å²) in [7, 11) is 0. The third-order valence-corrected chi connectivity index (χ3v) is 5.40. The molecule has 16 heavy (non-hydrogen) atoms. The minimum atomic E-state index is 0.527. The van der Waals surface area contributed by atoms with Crippen molar-refractivity contribution in [2.24, 2.45) is 16.7 Å². The molecule has 2 saturated carbocycles. The van der Waals surface area contributed by atoms with Crippen LogP contribution in [0.5, 0.6) is 0 Å². The number of unbranched alkanes of at least 4 members (excludes halogenated alkanes) is 2. The molecule has 0 radical (unpaired) electrons. The molecule has 3 unspecified atom stereocenters. The Morgan fingerprint density at radius 2 is 1.94 bits per heavy atom. The van der Waals surface area contributed by atoms with Crippen molar-refractivity contribution in [3.8, 4) is 0 Å². The van der Waals surface area contributed by atoms with Crippen molar-refractivity contribution in [3.63, 3.8) is 0 Å². The van der Waals surface area contributed by atoms with E-state index in [1.54, 1.807) is 0 Å². The molecule has 1 nitrogen and oxygen atoms in total. The first-order chi connectivity index (χ1) is 7.50. The van der Waals surface area contributed by atoms with Crippen molar-refractivity contribution in [1.82, 2.24) is 5.32 Å². The van der Waals surface area contributed by atoms with Crippen LogP contribution in [0.2, 0.25) is 0 Å². The average Bonchev–Trinajstić information content (AvgIpc) is 2.68. The fourth-order valence-electron chi connectivity index (χ4n) is 4.43. The SMILES string of the molecule is CCCCCNC1C2(C)CCC(C2)C1(C)C. The molecule has 94 valence electrons. The van der Waals surface area contributed by atoms with E-state index in [0.717, 1.165) is 12.0 Å². The first-order valence-electron chi connectivity index (χ1n) is 7.24. The number of hydrogen-bond donors (Lipinski definition) is 1. The number of rotatable bonds is 5. The molecule has 0 saturated heterocycles. The van der Waals surface area contributed by atoms with E-state index in [4.69, 9.17) is 0 Å². The molecule has 2 fully saturated rings. The Labute approximate surface area is 101 Å². The van der Waals surface area contributed by atoms with Crippen LogP contribution in [-0.2, 0) is 0 Å². The Morgan fingerprint density at radius 1 is 1.19 bits per heavy atom. The fourth-order valence-corrected chi connectivity index (χ4v) is 4.43. The van der Waals surface area contributed by atoms with Gasteiger partial charge in [0.25, 0.3) is 0 Å². The Bertz CT molecular complexity index is 241. The highest BCUT2D eigenvalue weighted by Gasteiger charge is 2.58. The molecule has 0 aliphatic heterocycles. The molecule has 0 aromatic heterocycles. The van der Waals surface area contributed by atoms with E-state index in [9.17, 15) is 0 Å². The van der Waals surface area contributed by atoms with E-state index in [-0.39, 0.29) is 0 Å². The Kier molecular flexibility index (Phi) is 3.36. The quantitative estimate of drug-likeness (QED) is 0.695. The van der Waals surface area contributed by atoms with Gasteiger partial charge >= 0.3 is 0 Å². The summed E-state index contributed by atoms with van der Waals surface area (Å²) in [6.07, 6.45) is 8.44. The summed E-state index contributed by atoms with van der Waals surface area (Å²) < 4.78 is 0. The molecule has 2 rings (SSSR count). The third-order valence-electron chi connectivity index (χ3n) is 5.40. The van der Waals surface area contributed by atoms with Crippen LogP contribution in [-0.4, -0.2) is 12.6 Å². The highest BCUT2D eigenvalue weighted by Crippen LogP contribution is 2.62. The lowest BCUT2D eigenvalue weighted by Gasteiger charge is -2.43. The summed E-state index contributed by atoms with van der Waals surface area (Å²) in [5.41, 5.74) is 1.12. The summed E-state index contributed by atoms with van der Waals surface area (Å²) in [5, 5.41) is 3.88. The van der Waals surface area contributed by atoms with Gasteiger partial charge in [-0.15, -0.1) is 0 Å². The Balaban J connectivity index is 1.92. The standard InChI is InChI=1S/C15H29N/c1-5-6-7-10-16-13-14(2,3)12-8-9-15(13,4)11-12/h12-13,16H,5-11H2,1-4H3. The molecule has 1 N–H and O–H groups in total. The molecule has 2 aliphatic rings. The summed E-state index contributed by atoms with van der Waals surface area (Å²) in [6, 6.07) is 0.760. The van der Waals surface area contributed by atoms with Crippen molar-refractivity contribution in [2.45, 2.75) is 72.3 Å². The van der Waals surface area contributed by atoms with Gasteiger partial charge in [0.05, 0.1) is 0 Å². The molecule has 2 aliphatic carbocycles. The summed E-state index contributed by atoms with van der Waals surface area (Å²) in [4.78, 5) is 0. The van der Waals surface area contributed by atoms with Crippen LogP contribution in [0.25, 0.3) is 0 Å². The van der Waals surface area contributed by atoms with Crippen LogP contribution in [0.1, 0.15) is 66.2 Å². The highest BCUT2D eigenvalue weighted by molar-refractivity contribution is 5.11. The van der Waals surface area contributed by atoms with E-state index < -0.39 is 0 Å². The second-order valence-corrected chi connectivity index (χ2v) is 7.01. The lowest BCUT2D eigenvalue weighted by molar-refractivity contribution is 0.109. The molecule has 0 amide bonds. The first-order valence-corrected chi connectivity index (χ1v) is 7.24. The minimum absolute atomic E-state index is 0.527. The largest absolute Gasteiger partial charge is 0.313 e. The topological polar surface area (TPSA) is 12.0 Å². The van der Waals surface area contributed by atoms with Crippen molar-refractivity contribution in [3.05, 3.63) is 0 Å². The van der Waals surface area contributed by atoms with Crippen LogP contribution in [0.15, 0.2) is 0 Å². The zero-order chi connectivity index (χ0) is 11.8. The number of fused-ring (bicyclic) bond motifs is 2. The lowest BCUT2D eigenvalue weighted by atomic mass is 9.68. The van der Waals surface area contributed by atoms with Gasteiger partial charge in [-0.2, -0.15) is 0 Å². The molecular formula is C15H29N. The van der Waals surface area contributed by atoms with Gasteiger partial charge in [-0.3, -0.25) is 0 Å². The van der Waals surface area contributed by atoms with Gasteiger partial charge in [0, 0.05) is 6.04 Å². The van der Waals surface area contributed by atoms with Gasteiger partial charge < -0.3 is 5.32 Å².